The zero-order chi connectivity index (χ0) is 9.23. The third-order valence-electron chi connectivity index (χ3n) is 1.04. The summed E-state index contributed by atoms with van der Waals surface area (Å²) in [6.45, 7) is 0. The van der Waals surface area contributed by atoms with Crippen molar-refractivity contribution in [1.29, 1.82) is 5.26 Å². The third kappa shape index (κ3) is 6.55. The van der Waals surface area contributed by atoms with Crippen molar-refractivity contribution < 1.29 is 9.63 Å². The summed E-state index contributed by atoms with van der Waals surface area (Å²) >= 11 is 0. The molecule has 0 fully saturated rings. The quantitative estimate of drug-likeness (QED) is 0.295. The monoisotopic (exact) mass is 169 g/mol. The Morgan fingerprint density at radius 2 is 2.58 bits per heavy atom. The van der Waals surface area contributed by atoms with E-state index >= 15 is 0 Å². The van der Waals surface area contributed by atoms with Crippen LogP contribution in [-0.2, 0) is 4.84 Å². The van der Waals surface area contributed by atoms with Crippen LogP contribution in [0.25, 0.3) is 0 Å². The number of nitrogens with one attached hydrogen (secondary N) is 1. The predicted octanol–water partition coefficient (Wildman–Crippen LogP) is 1.02. The Labute approximate surface area is 71.0 Å². The largest absolute Gasteiger partial charge is 0.433 e. The van der Waals surface area contributed by atoms with Crippen LogP contribution in [0.1, 0.15) is 19.3 Å². The molecule has 66 valence electrons. The van der Waals surface area contributed by atoms with Crippen LogP contribution in [0.5, 0.6) is 0 Å². The van der Waals surface area contributed by atoms with Crippen LogP contribution in [0.2, 0.25) is 0 Å². The minimum atomic E-state index is -0.591. The highest BCUT2D eigenvalue weighted by molar-refractivity contribution is 5.67. The molecule has 1 amide bonds. The minimum absolute atomic E-state index is 0.492. The second-order valence-corrected chi connectivity index (χ2v) is 1.97. The van der Waals surface area contributed by atoms with Crippen molar-refractivity contribution >= 4 is 12.3 Å². The molecule has 0 saturated heterocycles. The van der Waals surface area contributed by atoms with Gasteiger partial charge in [0, 0.05) is 19.7 Å². The first-order valence-corrected chi connectivity index (χ1v) is 3.58. The molecule has 0 aliphatic carbocycles. The summed E-state index contributed by atoms with van der Waals surface area (Å²) in [5, 5.41) is 13.8. The number of hydrogen-bond donors (Lipinski definition) is 1. The minimum Gasteiger partial charge on any atom is -0.323 e. The molecule has 0 aromatic heterocycles. The van der Waals surface area contributed by atoms with E-state index in [0.717, 1.165) is 6.42 Å². The van der Waals surface area contributed by atoms with E-state index in [9.17, 15) is 4.79 Å². The molecule has 5 heteroatoms. The van der Waals surface area contributed by atoms with E-state index in [1.807, 2.05) is 6.07 Å². The standard InChI is InChI=1S/C7H11N3O2/c1-9-7(11)12-10-6-4-2-3-5-8/h6H,2-4H2,1H3,(H,9,11). The van der Waals surface area contributed by atoms with Gasteiger partial charge in [-0.25, -0.2) is 4.79 Å². The van der Waals surface area contributed by atoms with Gasteiger partial charge in [-0.15, -0.1) is 0 Å². The molecule has 0 atom stereocenters. The highest BCUT2D eigenvalue weighted by Gasteiger charge is 1.92. The summed E-state index contributed by atoms with van der Waals surface area (Å²) < 4.78 is 0. The Bertz CT molecular complexity index is 195. The number of nitrogens with zero attached hydrogens (tertiary/aromatic N) is 2. The summed E-state index contributed by atoms with van der Waals surface area (Å²) in [6, 6.07) is 2.00. The topological polar surface area (TPSA) is 74.5 Å². The number of rotatable bonds is 4. The molecule has 12 heavy (non-hydrogen) atoms. The molecule has 0 rings (SSSR count). The van der Waals surface area contributed by atoms with Gasteiger partial charge in [0.2, 0.25) is 0 Å². The average molecular weight is 169 g/mol. The Hall–Kier alpha value is -1.57. The summed E-state index contributed by atoms with van der Waals surface area (Å²) in [7, 11) is 1.45. The molecule has 0 unspecified atom stereocenters. The molecular formula is C7H11N3O2. The average Bonchev–Trinajstić information content (AvgIpc) is 2.10. The summed E-state index contributed by atoms with van der Waals surface area (Å²) in [6.07, 6.45) is 2.74. The lowest BCUT2D eigenvalue weighted by Gasteiger charge is -1.92. The molecule has 0 aromatic carbocycles. The first kappa shape index (κ1) is 10.4. The normalized spacial score (nSPS) is 9.33. The summed E-state index contributed by atoms with van der Waals surface area (Å²) in [4.78, 5) is 14.7. The lowest BCUT2D eigenvalue weighted by molar-refractivity contribution is 0.153. The van der Waals surface area contributed by atoms with Gasteiger partial charge >= 0.3 is 6.09 Å². The van der Waals surface area contributed by atoms with Crippen molar-refractivity contribution in [2.45, 2.75) is 19.3 Å². The molecular weight excluding hydrogens is 158 g/mol. The molecule has 0 bridgehead atoms. The second-order valence-electron chi connectivity index (χ2n) is 1.97. The molecule has 0 aliphatic rings. The van der Waals surface area contributed by atoms with Crippen molar-refractivity contribution in [3.05, 3.63) is 0 Å². The maximum atomic E-state index is 10.4. The lowest BCUT2D eigenvalue weighted by Crippen LogP contribution is -2.16. The van der Waals surface area contributed by atoms with E-state index in [2.05, 4.69) is 15.3 Å². The van der Waals surface area contributed by atoms with Crippen LogP contribution in [0, 0.1) is 11.3 Å². The fourth-order valence-corrected chi connectivity index (χ4v) is 0.456. The van der Waals surface area contributed by atoms with E-state index in [4.69, 9.17) is 5.26 Å². The van der Waals surface area contributed by atoms with Gasteiger partial charge < -0.3 is 5.32 Å². The van der Waals surface area contributed by atoms with Gasteiger partial charge in [-0.2, -0.15) is 5.26 Å². The molecule has 0 saturated carbocycles. The maximum Gasteiger partial charge on any atom is 0.433 e. The number of unbranched alkanes of at least 4 members (excludes halogenated alkanes) is 2. The van der Waals surface area contributed by atoms with Crippen LogP contribution in [0.3, 0.4) is 0 Å². The third-order valence-corrected chi connectivity index (χ3v) is 1.04. The highest BCUT2D eigenvalue weighted by Crippen LogP contribution is 1.90. The van der Waals surface area contributed by atoms with Gasteiger partial charge in [0.15, 0.2) is 0 Å². The Kier molecular flexibility index (Phi) is 6.55. The number of hydrogen-bond acceptors (Lipinski definition) is 4. The number of carbonyl (C=O) groups excluding carboxylic acids is 1. The molecule has 5 nitrogen and oxygen atoms in total. The van der Waals surface area contributed by atoms with Gasteiger partial charge in [-0.1, -0.05) is 5.16 Å². The zero-order valence-electron chi connectivity index (χ0n) is 6.91. The predicted molar refractivity (Wildman–Crippen MR) is 43.5 cm³/mol. The fourth-order valence-electron chi connectivity index (χ4n) is 0.456. The number of oxime groups is 1. The molecule has 0 aliphatic heterocycles. The van der Waals surface area contributed by atoms with E-state index in [0.29, 0.717) is 12.8 Å². The number of nitriles is 1. The Balaban J connectivity index is 3.26. The van der Waals surface area contributed by atoms with Crippen LogP contribution in [0.4, 0.5) is 4.79 Å². The molecule has 0 spiro atoms. The SMILES string of the molecule is CNC(=O)ON=CCCCC#N. The van der Waals surface area contributed by atoms with Crippen molar-refractivity contribution in [2.75, 3.05) is 7.05 Å². The van der Waals surface area contributed by atoms with Gasteiger partial charge in [-0.3, -0.25) is 4.84 Å². The van der Waals surface area contributed by atoms with E-state index in [-0.39, 0.29) is 0 Å². The maximum absolute atomic E-state index is 10.4. The smallest absolute Gasteiger partial charge is 0.323 e. The Morgan fingerprint density at radius 1 is 1.83 bits per heavy atom. The van der Waals surface area contributed by atoms with Crippen molar-refractivity contribution in [1.82, 2.24) is 5.32 Å². The Morgan fingerprint density at radius 3 is 3.17 bits per heavy atom. The van der Waals surface area contributed by atoms with Gasteiger partial charge in [0.25, 0.3) is 0 Å². The summed E-state index contributed by atoms with van der Waals surface area (Å²) in [5.74, 6) is 0. The fraction of sp³-hybridized carbons (Fsp3) is 0.571. The van der Waals surface area contributed by atoms with Crippen molar-refractivity contribution in [3.63, 3.8) is 0 Å². The molecule has 1 N–H and O–H groups in total. The zero-order valence-corrected chi connectivity index (χ0v) is 6.91. The van der Waals surface area contributed by atoms with Crippen LogP contribution < -0.4 is 5.32 Å². The first-order valence-electron chi connectivity index (χ1n) is 3.58. The van der Waals surface area contributed by atoms with E-state index in [1.54, 1.807) is 0 Å². The number of amides is 1. The first-order chi connectivity index (χ1) is 5.81. The lowest BCUT2D eigenvalue weighted by atomic mass is 10.3. The molecule has 0 radical (unpaired) electrons. The second kappa shape index (κ2) is 7.54. The van der Waals surface area contributed by atoms with Gasteiger partial charge in [-0.05, 0) is 12.8 Å². The van der Waals surface area contributed by atoms with Gasteiger partial charge in [0.05, 0.1) is 6.07 Å². The van der Waals surface area contributed by atoms with Crippen LogP contribution in [-0.4, -0.2) is 19.4 Å². The highest BCUT2D eigenvalue weighted by atomic mass is 16.7. The van der Waals surface area contributed by atoms with Crippen LogP contribution >= 0.6 is 0 Å². The van der Waals surface area contributed by atoms with Gasteiger partial charge in [0.1, 0.15) is 0 Å². The van der Waals surface area contributed by atoms with E-state index < -0.39 is 6.09 Å². The van der Waals surface area contributed by atoms with Crippen LogP contribution in [0.15, 0.2) is 5.16 Å². The van der Waals surface area contributed by atoms with E-state index in [1.165, 1.54) is 13.3 Å². The molecule has 0 heterocycles. The molecule has 0 aromatic rings. The van der Waals surface area contributed by atoms with Crippen molar-refractivity contribution in [3.8, 4) is 6.07 Å². The number of carbonyl (C=O) groups is 1. The van der Waals surface area contributed by atoms with Crippen molar-refractivity contribution in [2.24, 2.45) is 5.16 Å². The summed E-state index contributed by atoms with van der Waals surface area (Å²) in [5.41, 5.74) is 0.